The number of carboxylic acid groups (broad SMARTS) is 1. The molecule has 5 nitrogen and oxygen atoms in total. The van der Waals surface area contributed by atoms with Gasteiger partial charge in [-0.1, -0.05) is 0 Å². The molecule has 0 aliphatic carbocycles. The highest BCUT2D eigenvalue weighted by Crippen LogP contribution is 2.16. The molecule has 0 bridgehead atoms. The standard InChI is InChI=1S/C12H15N3O2S/c1-7-10(18-6-13-7)4-5-15-9(3)11(12(16)17)8(2)14-15/h6H,4-5H2,1-3H3,(H,16,17). The van der Waals surface area contributed by atoms with Gasteiger partial charge in [0.2, 0.25) is 0 Å². The predicted octanol–water partition coefficient (Wildman–Crippen LogP) is 2.21. The third kappa shape index (κ3) is 2.28. The molecule has 0 atom stereocenters. The van der Waals surface area contributed by atoms with E-state index in [1.165, 1.54) is 4.88 Å². The molecule has 0 spiro atoms. The van der Waals surface area contributed by atoms with E-state index in [1.54, 1.807) is 29.9 Å². The minimum absolute atomic E-state index is 0.316. The highest BCUT2D eigenvalue weighted by Gasteiger charge is 2.17. The smallest absolute Gasteiger partial charge is 0.339 e. The molecule has 0 saturated heterocycles. The first-order valence-corrected chi connectivity index (χ1v) is 6.55. The molecule has 96 valence electrons. The van der Waals surface area contributed by atoms with Crippen molar-refractivity contribution >= 4 is 17.3 Å². The molecule has 0 aliphatic rings. The van der Waals surface area contributed by atoms with Crippen LogP contribution in [0, 0.1) is 20.8 Å². The average molecular weight is 265 g/mol. The van der Waals surface area contributed by atoms with Crippen LogP contribution in [-0.4, -0.2) is 25.8 Å². The summed E-state index contributed by atoms with van der Waals surface area (Å²) in [6.45, 7) is 6.19. The molecule has 0 aromatic carbocycles. The fourth-order valence-corrected chi connectivity index (χ4v) is 2.77. The molecule has 2 aromatic rings. The Hall–Kier alpha value is -1.69. The van der Waals surface area contributed by atoms with E-state index in [2.05, 4.69) is 10.1 Å². The number of thiazole rings is 1. The Labute approximate surface area is 109 Å². The van der Waals surface area contributed by atoms with Gasteiger partial charge >= 0.3 is 5.97 Å². The van der Waals surface area contributed by atoms with Gasteiger partial charge in [-0.3, -0.25) is 4.68 Å². The summed E-state index contributed by atoms with van der Waals surface area (Å²) in [6.07, 6.45) is 0.831. The van der Waals surface area contributed by atoms with Crippen LogP contribution in [0.5, 0.6) is 0 Å². The van der Waals surface area contributed by atoms with E-state index in [1.807, 2.05) is 12.4 Å². The zero-order valence-corrected chi connectivity index (χ0v) is 11.4. The number of aryl methyl sites for hydroxylation is 4. The van der Waals surface area contributed by atoms with Crippen molar-refractivity contribution in [3.63, 3.8) is 0 Å². The summed E-state index contributed by atoms with van der Waals surface area (Å²) in [5.41, 5.74) is 4.47. The van der Waals surface area contributed by atoms with E-state index >= 15 is 0 Å². The topological polar surface area (TPSA) is 68.0 Å². The fourth-order valence-electron chi connectivity index (χ4n) is 2.00. The Morgan fingerprint density at radius 3 is 2.61 bits per heavy atom. The summed E-state index contributed by atoms with van der Waals surface area (Å²) >= 11 is 1.62. The van der Waals surface area contributed by atoms with Gasteiger partial charge in [-0.2, -0.15) is 5.10 Å². The molecule has 0 saturated carbocycles. The van der Waals surface area contributed by atoms with E-state index in [-0.39, 0.29) is 0 Å². The van der Waals surface area contributed by atoms with Crippen molar-refractivity contribution < 1.29 is 9.90 Å². The molecule has 0 aliphatic heterocycles. The second-order valence-electron chi connectivity index (χ2n) is 4.19. The fraction of sp³-hybridized carbons (Fsp3) is 0.417. The summed E-state index contributed by atoms with van der Waals surface area (Å²) in [7, 11) is 0. The summed E-state index contributed by atoms with van der Waals surface area (Å²) < 4.78 is 1.76. The lowest BCUT2D eigenvalue weighted by molar-refractivity contribution is 0.0695. The van der Waals surface area contributed by atoms with Crippen LogP contribution >= 0.6 is 11.3 Å². The molecule has 0 amide bonds. The van der Waals surface area contributed by atoms with Gasteiger partial charge in [0.05, 0.1) is 22.6 Å². The normalized spacial score (nSPS) is 10.8. The Morgan fingerprint density at radius 2 is 2.11 bits per heavy atom. The molecule has 6 heteroatoms. The quantitative estimate of drug-likeness (QED) is 0.920. The summed E-state index contributed by atoms with van der Waals surface area (Å²) in [4.78, 5) is 16.5. The van der Waals surface area contributed by atoms with E-state index in [9.17, 15) is 4.79 Å². The second kappa shape index (κ2) is 4.89. The molecular formula is C12H15N3O2S. The lowest BCUT2D eigenvalue weighted by Gasteiger charge is -2.03. The lowest BCUT2D eigenvalue weighted by Crippen LogP contribution is -2.06. The van der Waals surface area contributed by atoms with Gasteiger partial charge in [-0.25, -0.2) is 9.78 Å². The number of carbonyl (C=O) groups is 1. The minimum atomic E-state index is -0.912. The Balaban J connectivity index is 2.18. The van der Waals surface area contributed by atoms with Crippen LogP contribution in [0.1, 0.15) is 32.3 Å². The Kier molecular flexibility index (Phi) is 3.47. The van der Waals surface area contributed by atoms with E-state index < -0.39 is 5.97 Å². The van der Waals surface area contributed by atoms with Gasteiger partial charge in [-0.05, 0) is 20.8 Å². The zero-order valence-electron chi connectivity index (χ0n) is 10.6. The molecule has 0 unspecified atom stereocenters. The highest BCUT2D eigenvalue weighted by molar-refractivity contribution is 7.09. The molecule has 0 radical (unpaired) electrons. The van der Waals surface area contributed by atoms with Crippen LogP contribution in [0.4, 0.5) is 0 Å². The van der Waals surface area contributed by atoms with Crippen LogP contribution in [0.2, 0.25) is 0 Å². The summed E-state index contributed by atoms with van der Waals surface area (Å²) in [6, 6.07) is 0. The van der Waals surface area contributed by atoms with Crippen LogP contribution in [0.15, 0.2) is 5.51 Å². The maximum absolute atomic E-state index is 11.1. The van der Waals surface area contributed by atoms with Crippen molar-refractivity contribution in [2.45, 2.75) is 33.7 Å². The van der Waals surface area contributed by atoms with E-state index in [0.29, 0.717) is 23.5 Å². The molecule has 2 rings (SSSR count). The van der Waals surface area contributed by atoms with Crippen molar-refractivity contribution in [1.29, 1.82) is 0 Å². The van der Waals surface area contributed by atoms with Gasteiger partial charge in [0.25, 0.3) is 0 Å². The Bertz CT molecular complexity index is 586. The number of hydrogen-bond donors (Lipinski definition) is 1. The number of aromatic nitrogens is 3. The highest BCUT2D eigenvalue weighted by atomic mass is 32.1. The van der Waals surface area contributed by atoms with Crippen LogP contribution in [0.3, 0.4) is 0 Å². The largest absolute Gasteiger partial charge is 0.478 e. The third-order valence-electron chi connectivity index (χ3n) is 2.99. The Morgan fingerprint density at radius 1 is 1.39 bits per heavy atom. The second-order valence-corrected chi connectivity index (χ2v) is 5.12. The predicted molar refractivity (Wildman–Crippen MR) is 69.2 cm³/mol. The van der Waals surface area contributed by atoms with Gasteiger partial charge in [0.15, 0.2) is 0 Å². The summed E-state index contributed by atoms with van der Waals surface area (Å²) in [5.74, 6) is -0.912. The molecule has 0 fully saturated rings. The van der Waals surface area contributed by atoms with Gasteiger partial charge in [0.1, 0.15) is 5.56 Å². The summed E-state index contributed by atoms with van der Waals surface area (Å²) in [5, 5.41) is 13.4. The van der Waals surface area contributed by atoms with E-state index in [4.69, 9.17) is 5.11 Å². The number of hydrogen-bond acceptors (Lipinski definition) is 4. The zero-order chi connectivity index (χ0) is 13.3. The maximum atomic E-state index is 11.1. The SMILES string of the molecule is Cc1ncsc1CCn1nc(C)c(C(=O)O)c1C. The third-order valence-corrected chi connectivity index (χ3v) is 3.99. The van der Waals surface area contributed by atoms with Gasteiger partial charge in [-0.15, -0.1) is 11.3 Å². The van der Waals surface area contributed by atoms with Crippen LogP contribution in [-0.2, 0) is 13.0 Å². The van der Waals surface area contributed by atoms with Crippen molar-refractivity contribution in [3.05, 3.63) is 33.0 Å². The molecule has 2 heterocycles. The van der Waals surface area contributed by atoms with Crippen LogP contribution < -0.4 is 0 Å². The lowest BCUT2D eigenvalue weighted by atomic mass is 10.2. The average Bonchev–Trinajstić information content (AvgIpc) is 2.80. The maximum Gasteiger partial charge on any atom is 0.339 e. The van der Waals surface area contributed by atoms with E-state index in [0.717, 1.165) is 12.1 Å². The molecule has 2 aromatic heterocycles. The number of aromatic carboxylic acids is 1. The monoisotopic (exact) mass is 265 g/mol. The first-order valence-electron chi connectivity index (χ1n) is 5.67. The number of nitrogens with zero attached hydrogens (tertiary/aromatic N) is 3. The molecule has 1 N–H and O–H groups in total. The van der Waals surface area contributed by atoms with Crippen LogP contribution in [0.25, 0.3) is 0 Å². The molecule has 18 heavy (non-hydrogen) atoms. The van der Waals surface area contributed by atoms with Gasteiger partial charge < -0.3 is 5.11 Å². The van der Waals surface area contributed by atoms with Crippen molar-refractivity contribution in [2.75, 3.05) is 0 Å². The number of carboxylic acids is 1. The molecular weight excluding hydrogens is 250 g/mol. The number of rotatable bonds is 4. The van der Waals surface area contributed by atoms with Crippen molar-refractivity contribution in [3.8, 4) is 0 Å². The first-order chi connectivity index (χ1) is 8.50. The van der Waals surface area contributed by atoms with Crippen molar-refractivity contribution in [1.82, 2.24) is 14.8 Å². The minimum Gasteiger partial charge on any atom is -0.478 e. The first kappa shape index (κ1) is 12.8. The van der Waals surface area contributed by atoms with Crippen molar-refractivity contribution in [2.24, 2.45) is 0 Å². The van der Waals surface area contributed by atoms with Gasteiger partial charge in [0, 0.05) is 17.8 Å².